The third-order valence-corrected chi connectivity index (χ3v) is 4.14. The van der Waals surface area contributed by atoms with Crippen LogP contribution in [0, 0.1) is 5.92 Å². The minimum atomic E-state index is -0.0643. The van der Waals surface area contributed by atoms with Crippen molar-refractivity contribution in [2.75, 3.05) is 20.6 Å². The molecular formula is C14H29N3O. The first-order valence-corrected chi connectivity index (χ1v) is 7.05. The van der Waals surface area contributed by atoms with Gasteiger partial charge in [-0.15, -0.1) is 0 Å². The van der Waals surface area contributed by atoms with Gasteiger partial charge in [-0.05, 0) is 39.8 Å². The molecule has 4 nitrogen and oxygen atoms in total. The Kier molecular flexibility index (Phi) is 5.60. The lowest BCUT2D eigenvalue weighted by atomic mass is 9.75. The number of carbonyl (C=O) groups excluding carboxylic acids is 1. The number of nitrogens with two attached hydrogens (primary N) is 1. The maximum absolute atomic E-state index is 11.7. The van der Waals surface area contributed by atoms with Crippen LogP contribution in [-0.4, -0.2) is 43.0 Å². The first-order chi connectivity index (χ1) is 8.35. The Hall–Kier alpha value is -0.610. The number of nitrogens with one attached hydrogen (secondary N) is 1. The molecule has 0 aromatic carbocycles. The molecule has 1 fully saturated rings. The standard InChI is InChI=1S/C14H29N3O/c1-11-6-5-7-14(9-11,17(3)4)10-16-13(18)8-12(2)15/h11-12H,5-10,15H2,1-4H3,(H,16,18). The summed E-state index contributed by atoms with van der Waals surface area (Å²) in [4.78, 5) is 14.0. The van der Waals surface area contributed by atoms with Gasteiger partial charge in [0.2, 0.25) is 5.91 Å². The van der Waals surface area contributed by atoms with Crippen LogP contribution >= 0.6 is 0 Å². The van der Waals surface area contributed by atoms with E-state index in [1.54, 1.807) is 0 Å². The van der Waals surface area contributed by atoms with Crippen molar-refractivity contribution in [1.29, 1.82) is 0 Å². The van der Waals surface area contributed by atoms with Crippen molar-refractivity contribution in [1.82, 2.24) is 10.2 Å². The summed E-state index contributed by atoms with van der Waals surface area (Å²) >= 11 is 0. The molecule has 4 heteroatoms. The molecule has 1 rings (SSSR count). The van der Waals surface area contributed by atoms with Gasteiger partial charge >= 0.3 is 0 Å². The maximum Gasteiger partial charge on any atom is 0.221 e. The molecule has 0 heterocycles. The number of likely N-dealkylation sites (N-methyl/N-ethyl adjacent to an activating group) is 1. The van der Waals surface area contributed by atoms with E-state index in [0.29, 0.717) is 6.42 Å². The third-order valence-electron chi connectivity index (χ3n) is 4.14. The summed E-state index contributed by atoms with van der Waals surface area (Å²) in [5, 5.41) is 3.07. The highest BCUT2D eigenvalue weighted by atomic mass is 16.1. The first kappa shape index (κ1) is 15.4. The maximum atomic E-state index is 11.7. The summed E-state index contributed by atoms with van der Waals surface area (Å²) < 4.78 is 0. The monoisotopic (exact) mass is 255 g/mol. The van der Waals surface area contributed by atoms with E-state index in [4.69, 9.17) is 5.73 Å². The molecule has 0 saturated heterocycles. The van der Waals surface area contributed by atoms with E-state index in [-0.39, 0.29) is 17.5 Å². The Morgan fingerprint density at radius 1 is 1.56 bits per heavy atom. The fraction of sp³-hybridized carbons (Fsp3) is 0.929. The number of hydrogen-bond acceptors (Lipinski definition) is 3. The molecule has 106 valence electrons. The summed E-state index contributed by atoms with van der Waals surface area (Å²) in [7, 11) is 4.24. The van der Waals surface area contributed by atoms with Gasteiger partial charge in [-0.25, -0.2) is 0 Å². The topological polar surface area (TPSA) is 58.4 Å². The normalized spacial score (nSPS) is 30.2. The SMILES string of the molecule is CC(N)CC(=O)NCC1(N(C)C)CCCC(C)C1. The highest BCUT2D eigenvalue weighted by Crippen LogP contribution is 2.35. The molecule has 3 N–H and O–H groups in total. The fourth-order valence-electron chi connectivity index (χ4n) is 2.98. The number of hydrogen-bond donors (Lipinski definition) is 2. The van der Waals surface area contributed by atoms with Crippen molar-refractivity contribution in [2.24, 2.45) is 11.7 Å². The Balaban J connectivity index is 2.55. The molecule has 18 heavy (non-hydrogen) atoms. The second-order valence-electron chi connectivity index (χ2n) is 6.28. The van der Waals surface area contributed by atoms with Crippen molar-refractivity contribution in [3.05, 3.63) is 0 Å². The smallest absolute Gasteiger partial charge is 0.221 e. The molecule has 0 radical (unpaired) electrons. The first-order valence-electron chi connectivity index (χ1n) is 7.05. The van der Waals surface area contributed by atoms with Crippen LogP contribution in [0.4, 0.5) is 0 Å². The third kappa shape index (κ3) is 4.25. The van der Waals surface area contributed by atoms with E-state index in [9.17, 15) is 4.79 Å². The van der Waals surface area contributed by atoms with Gasteiger partial charge in [-0.3, -0.25) is 4.79 Å². The van der Waals surface area contributed by atoms with E-state index in [1.165, 1.54) is 25.7 Å². The highest BCUT2D eigenvalue weighted by molar-refractivity contribution is 5.76. The second-order valence-corrected chi connectivity index (χ2v) is 6.28. The predicted octanol–water partition coefficient (Wildman–Crippen LogP) is 1.35. The van der Waals surface area contributed by atoms with Gasteiger partial charge in [-0.1, -0.05) is 19.8 Å². The molecule has 0 spiro atoms. The molecule has 1 saturated carbocycles. The molecule has 1 amide bonds. The summed E-state index contributed by atoms with van der Waals surface area (Å²) in [6, 6.07) is -0.0643. The summed E-state index contributed by atoms with van der Waals surface area (Å²) in [6.45, 7) is 4.92. The second kappa shape index (κ2) is 6.53. The van der Waals surface area contributed by atoms with Gasteiger partial charge in [0, 0.05) is 24.5 Å². The van der Waals surface area contributed by atoms with Gasteiger partial charge in [0.25, 0.3) is 0 Å². The van der Waals surface area contributed by atoms with E-state index in [0.717, 1.165) is 12.5 Å². The summed E-state index contributed by atoms with van der Waals surface area (Å²) in [6.07, 6.45) is 5.31. The zero-order valence-corrected chi connectivity index (χ0v) is 12.3. The Bertz CT molecular complexity index is 278. The van der Waals surface area contributed by atoms with Crippen molar-refractivity contribution in [3.63, 3.8) is 0 Å². The number of carbonyl (C=O) groups is 1. The van der Waals surface area contributed by atoms with Crippen LogP contribution in [0.5, 0.6) is 0 Å². The lowest BCUT2D eigenvalue weighted by Crippen LogP contribution is -2.55. The zero-order valence-electron chi connectivity index (χ0n) is 12.3. The number of nitrogens with zero attached hydrogens (tertiary/aromatic N) is 1. The van der Waals surface area contributed by atoms with Crippen LogP contribution in [0.25, 0.3) is 0 Å². The van der Waals surface area contributed by atoms with Crippen LogP contribution < -0.4 is 11.1 Å². The zero-order chi connectivity index (χ0) is 13.8. The van der Waals surface area contributed by atoms with Crippen molar-refractivity contribution >= 4 is 5.91 Å². The minimum absolute atomic E-state index is 0.0643. The molecular weight excluding hydrogens is 226 g/mol. The molecule has 3 unspecified atom stereocenters. The van der Waals surface area contributed by atoms with Crippen molar-refractivity contribution in [3.8, 4) is 0 Å². The number of amides is 1. The highest BCUT2D eigenvalue weighted by Gasteiger charge is 2.37. The average molecular weight is 255 g/mol. The molecule has 0 aromatic heterocycles. The summed E-state index contributed by atoms with van der Waals surface area (Å²) in [5.41, 5.74) is 5.78. The van der Waals surface area contributed by atoms with Crippen LogP contribution in [-0.2, 0) is 4.79 Å². The number of rotatable bonds is 5. The minimum Gasteiger partial charge on any atom is -0.354 e. The van der Waals surface area contributed by atoms with E-state index in [1.807, 2.05) is 6.92 Å². The van der Waals surface area contributed by atoms with Gasteiger partial charge in [0.15, 0.2) is 0 Å². The average Bonchev–Trinajstić information content (AvgIpc) is 2.25. The van der Waals surface area contributed by atoms with Crippen LogP contribution in [0.3, 0.4) is 0 Å². The quantitative estimate of drug-likeness (QED) is 0.779. The summed E-state index contributed by atoms with van der Waals surface area (Å²) in [5.74, 6) is 0.816. The van der Waals surface area contributed by atoms with Crippen LogP contribution in [0.1, 0.15) is 46.0 Å². The van der Waals surface area contributed by atoms with Gasteiger partial charge in [0.05, 0.1) is 0 Å². The van der Waals surface area contributed by atoms with E-state index in [2.05, 4.69) is 31.2 Å². The van der Waals surface area contributed by atoms with Crippen LogP contribution in [0.15, 0.2) is 0 Å². The molecule has 1 aliphatic rings. The predicted molar refractivity (Wildman–Crippen MR) is 75.3 cm³/mol. The Labute approximate surface area is 111 Å². The van der Waals surface area contributed by atoms with E-state index < -0.39 is 0 Å². The molecule has 1 aliphatic carbocycles. The van der Waals surface area contributed by atoms with Crippen LogP contribution in [0.2, 0.25) is 0 Å². The fourth-order valence-corrected chi connectivity index (χ4v) is 2.98. The van der Waals surface area contributed by atoms with Crippen molar-refractivity contribution < 1.29 is 4.79 Å². The Morgan fingerprint density at radius 2 is 2.22 bits per heavy atom. The van der Waals surface area contributed by atoms with Crippen molar-refractivity contribution in [2.45, 2.75) is 57.5 Å². The molecule has 0 aliphatic heterocycles. The van der Waals surface area contributed by atoms with Gasteiger partial charge in [-0.2, -0.15) is 0 Å². The van der Waals surface area contributed by atoms with E-state index >= 15 is 0 Å². The molecule has 0 aromatic rings. The Morgan fingerprint density at radius 3 is 2.72 bits per heavy atom. The van der Waals surface area contributed by atoms with Gasteiger partial charge < -0.3 is 16.0 Å². The largest absolute Gasteiger partial charge is 0.354 e. The van der Waals surface area contributed by atoms with Gasteiger partial charge in [0.1, 0.15) is 0 Å². The lowest BCUT2D eigenvalue weighted by Gasteiger charge is -2.45. The lowest BCUT2D eigenvalue weighted by molar-refractivity contribution is -0.122. The molecule has 0 bridgehead atoms. The molecule has 3 atom stereocenters.